The Morgan fingerprint density at radius 2 is 1.76 bits per heavy atom. The van der Waals surface area contributed by atoms with Gasteiger partial charge in [0.2, 0.25) is 0 Å². The smallest absolute Gasteiger partial charge is 0.314 e. The zero-order chi connectivity index (χ0) is 15.6. The minimum absolute atomic E-state index is 0.536. The van der Waals surface area contributed by atoms with Gasteiger partial charge in [-0.05, 0) is 47.3 Å². The van der Waals surface area contributed by atoms with Crippen molar-refractivity contribution in [2.24, 2.45) is 0 Å². The molecule has 116 valence electrons. The van der Waals surface area contributed by atoms with Gasteiger partial charge in [0, 0.05) is 5.56 Å². The largest absolute Gasteiger partial charge is 0.492 e. The highest BCUT2D eigenvalue weighted by atomic mass is 79.9. The lowest BCUT2D eigenvalue weighted by Crippen LogP contribution is -2.39. The van der Waals surface area contributed by atoms with E-state index in [9.17, 15) is 9.90 Å². The molecule has 1 aliphatic carbocycles. The number of carboxylic acids is 1. The van der Waals surface area contributed by atoms with Crippen molar-refractivity contribution >= 4 is 21.9 Å². The number of hydrogen-bond acceptors (Lipinski definition) is 3. The molecular weight excluding hydrogens is 336 g/mol. The van der Waals surface area contributed by atoms with Crippen LogP contribution in [0.4, 0.5) is 0 Å². The van der Waals surface area contributed by atoms with E-state index in [4.69, 9.17) is 9.47 Å². The zero-order valence-electron chi connectivity index (χ0n) is 12.7. The van der Waals surface area contributed by atoms with Crippen molar-refractivity contribution in [2.75, 3.05) is 14.2 Å². The van der Waals surface area contributed by atoms with Crippen LogP contribution in [0.25, 0.3) is 0 Å². The van der Waals surface area contributed by atoms with Gasteiger partial charge >= 0.3 is 5.97 Å². The summed E-state index contributed by atoms with van der Waals surface area (Å²) in [5.41, 5.74) is 0.808. The molecule has 4 nitrogen and oxygen atoms in total. The van der Waals surface area contributed by atoms with Crippen LogP contribution in [-0.2, 0) is 10.2 Å². The molecule has 0 aliphatic heterocycles. The number of ether oxygens (including phenoxy) is 2. The van der Waals surface area contributed by atoms with E-state index < -0.39 is 11.4 Å². The Hall–Kier alpha value is -1.23. The van der Waals surface area contributed by atoms with Gasteiger partial charge in [-0.2, -0.15) is 0 Å². The van der Waals surface area contributed by atoms with Crippen molar-refractivity contribution < 1.29 is 19.4 Å². The van der Waals surface area contributed by atoms with E-state index in [1.165, 1.54) is 0 Å². The first-order valence-corrected chi connectivity index (χ1v) is 7.92. The Kier molecular flexibility index (Phi) is 4.81. The molecule has 1 N–H and O–H groups in total. The van der Waals surface area contributed by atoms with Crippen molar-refractivity contribution in [3.8, 4) is 11.5 Å². The van der Waals surface area contributed by atoms with Crippen LogP contribution in [0.3, 0.4) is 0 Å². The summed E-state index contributed by atoms with van der Waals surface area (Å²) < 4.78 is 11.7. The molecule has 0 saturated heterocycles. The third-order valence-electron chi connectivity index (χ3n) is 4.39. The van der Waals surface area contributed by atoms with Crippen molar-refractivity contribution in [3.05, 3.63) is 21.7 Å². The molecule has 1 aromatic rings. The fourth-order valence-corrected chi connectivity index (χ4v) is 4.12. The molecule has 1 aromatic carbocycles. The van der Waals surface area contributed by atoms with Crippen LogP contribution >= 0.6 is 15.9 Å². The molecule has 1 fully saturated rings. The van der Waals surface area contributed by atoms with Gasteiger partial charge in [-0.15, -0.1) is 0 Å². The maximum Gasteiger partial charge on any atom is 0.314 e. The molecule has 0 spiro atoms. The summed E-state index contributed by atoms with van der Waals surface area (Å²) in [5, 5.41) is 9.91. The van der Waals surface area contributed by atoms with Crippen molar-refractivity contribution in [1.82, 2.24) is 0 Å². The van der Waals surface area contributed by atoms with Crippen LogP contribution < -0.4 is 9.47 Å². The highest BCUT2D eigenvalue weighted by Gasteiger charge is 2.45. The Labute approximate surface area is 133 Å². The molecule has 1 aliphatic rings. The van der Waals surface area contributed by atoms with Gasteiger partial charge in [-0.1, -0.05) is 19.3 Å². The van der Waals surface area contributed by atoms with Gasteiger partial charge in [0.1, 0.15) is 0 Å². The molecule has 21 heavy (non-hydrogen) atoms. The molecule has 0 radical (unpaired) electrons. The maximum absolute atomic E-state index is 12.1. The Morgan fingerprint density at radius 3 is 2.24 bits per heavy atom. The van der Waals surface area contributed by atoms with Crippen LogP contribution in [0.15, 0.2) is 10.5 Å². The summed E-state index contributed by atoms with van der Waals surface area (Å²) in [7, 11) is 3.13. The monoisotopic (exact) mass is 356 g/mol. The lowest BCUT2D eigenvalue weighted by Gasteiger charge is -2.36. The number of aryl methyl sites for hydroxylation is 1. The molecule has 0 unspecified atom stereocenters. The lowest BCUT2D eigenvalue weighted by molar-refractivity contribution is -0.145. The summed E-state index contributed by atoms with van der Waals surface area (Å²) in [6, 6.07) is 1.91. The van der Waals surface area contributed by atoms with E-state index in [0.29, 0.717) is 24.3 Å². The topological polar surface area (TPSA) is 55.8 Å². The molecule has 0 atom stereocenters. The maximum atomic E-state index is 12.1. The second kappa shape index (κ2) is 6.26. The molecule has 0 aromatic heterocycles. The van der Waals surface area contributed by atoms with Crippen molar-refractivity contribution in [3.63, 3.8) is 0 Å². The summed E-state index contributed by atoms with van der Waals surface area (Å²) >= 11 is 3.46. The molecule has 0 amide bonds. The van der Waals surface area contributed by atoms with Gasteiger partial charge in [0.25, 0.3) is 0 Å². The van der Waals surface area contributed by atoms with Gasteiger partial charge in [0.05, 0.1) is 24.1 Å². The van der Waals surface area contributed by atoms with Crippen LogP contribution in [0, 0.1) is 6.92 Å². The third kappa shape index (κ3) is 2.63. The highest BCUT2D eigenvalue weighted by Crippen LogP contribution is 2.50. The minimum atomic E-state index is -0.873. The van der Waals surface area contributed by atoms with Crippen LogP contribution in [0.5, 0.6) is 11.5 Å². The van der Waals surface area contributed by atoms with Gasteiger partial charge in [-0.3, -0.25) is 4.79 Å². The fourth-order valence-electron chi connectivity index (χ4n) is 3.43. The van der Waals surface area contributed by atoms with E-state index in [1.807, 2.05) is 13.0 Å². The van der Waals surface area contributed by atoms with E-state index in [2.05, 4.69) is 15.9 Å². The number of methoxy groups -OCH3 is 2. The molecule has 2 rings (SSSR count). The van der Waals surface area contributed by atoms with Gasteiger partial charge < -0.3 is 14.6 Å². The second-order valence-electron chi connectivity index (χ2n) is 5.56. The number of aliphatic carboxylic acids is 1. The Morgan fingerprint density at radius 1 is 1.19 bits per heavy atom. The molecular formula is C16H21BrO4. The standard InChI is InChI=1S/C16H21BrO4/c1-10-9-11(17)13(20-2)14(21-3)12(10)16(15(18)19)7-5-4-6-8-16/h9H,4-8H2,1-3H3,(H,18,19). The van der Waals surface area contributed by atoms with Gasteiger partial charge in [-0.25, -0.2) is 0 Å². The first kappa shape index (κ1) is 16.1. The Bertz CT molecular complexity index is 548. The third-order valence-corrected chi connectivity index (χ3v) is 4.98. The normalized spacial score (nSPS) is 17.3. The SMILES string of the molecule is COc1c(Br)cc(C)c(C2(C(=O)O)CCCCC2)c1OC. The second-order valence-corrected chi connectivity index (χ2v) is 6.42. The lowest BCUT2D eigenvalue weighted by atomic mass is 9.68. The van der Waals surface area contributed by atoms with E-state index in [-0.39, 0.29) is 0 Å². The molecule has 5 heteroatoms. The van der Waals surface area contributed by atoms with Crippen LogP contribution in [-0.4, -0.2) is 25.3 Å². The van der Waals surface area contributed by atoms with Crippen molar-refractivity contribution in [1.29, 1.82) is 0 Å². The highest BCUT2D eigenvalue weighted by molar-refractivity contribution is 9.10. The van der Waals surface area contributed by atoms with Crippen LogP contribution in [0.2, 0.25) is 0 Å². The Balaban J connectivity index is 2.73. The predicted molar refractivity (Wildman–Crippen MR) is 84.4 cm³/mol. The minimum Gasteiger partial charge on any atom is -0.492 e. The molecule has 0 heterocycles. The van der Waals surface area contributed by atoms with Gasteiger partial charge in [0.15, 0.2) is 11.5 Å². The summed E-state index contributed by atoms with van der Waals surface area (Å²) in [5.74, 6) is 0.325. The summed E-state index contributed by atoms with van der Waals surface area (Å²) in [6.07, 6.45) is 4.22. The number of rotatable bonds is 4. The average Bonchev–Trinajstić information content (AvgIpc) is 2.46. The number of halogens is 1. The first-order chi connectivity index (χ1) is 9.97. The summed E-state index contributed by atoms with van der Waals surface area (Å²) in [4.78, 5) is 12.1. The van der Waals surface area contributed by atoms with Crippen LogP contribution in [0.1, 0.15) is 43.2 Å². The van der Waals surface area contributed by atoms with E-state index in [0.717, 1.165) is 34.9 Å². The average molecular weight is 357 g/mol. The fraction of sp³-hybridized carbons (Fsp3) is 0.562. The predicted octanol–water partition coefficient (Wildman–Crippen LogP) is 4.06. The first-order valence-electron chi connectivity index (χ1n) is 7.13. The molecule has 1 saturated carbocycles. The van der Waals surface area contributed by atoms with E-state index in [1.54, 1.807) is 14.2 Å². The quantitative estimate of drug-likeness (QED) is 0.883. The van der Waals surface area contributed by atoms with Crippen molar-refractivity contribution in [2.45, 2.75) is 44.4 Å². The summed E-state index contributed by atoms with van der Waals surface area (Å²) in [6.45, 7) is 1.93. The number of carboxylic acid groups (broad SMARTS) is 1. The zero-order valence-corrected chi connectivity index (χ0v) is 14.2. The van der Waals surface area contributed by atoms with E-state index >= 15 is 0 Å². The number of carbonyl (C=O) groups is 1. The molecule has 0 bridgehead atoms. The number of benzene rings is 1. The number of hydrogen-bond donors (Lipinski definition) is 1.